The van der Waals surface area contributed by atoms with Gasteiger partial charge >= 0.3 is 6.09 Å². The Hall–Kier alpha value is -2.10. The van der Waals surface area contributed by atoms with Crippen LogP contribution in [0.1, 0.15) is 34.1 Å². The lowest BCUT2D eigenvalue weighted by atomic mass is 10.2. The van der Waals surface area contributed by atoms with E-state index in [1.54, 1.807) is 18.3 Å². The van der Waals surface area contributed by atoms with Gasteiger partial charge in [-0.1, -0.05) is 6.92 Å². The average Bonchev–Trinajstić information content (AvgIpc) is 2.59. The summed E-state index contributed by atoms with van der Waals surface area (Å²) in [5.41, 5.74) is 0.0384. The van der Waals surface area contributed by atoms with Gasteiger partial charge in [-0.15, -0.1) is 0 Å². The summed E-state index contributed by atoms with van der Waals surface area (Å²) >= 11 is 2.17. The summed E-state index contributed by atoms with van der Waals surface area (Å²) < 4.78 is 6.27. The Balaban J connectivity index is 2.03. The van der Waals surface area contributed by atoms with Gasteiger partial charge in [0.25, 0.3) is 0 Å². The molecule has 1 aromatic heterocycles. The minimum Gasteiger partial charge on any atom is -0.507 e. The van der Waals surface area contributed by atoms with E-state index in [0.717, 1.165) is 9.99 Å². The lowest BCUT2D eigenvalue weighted by Gasteiger charge is -2.23. The van der Waals surface area contributed by atoms with Crippen molar-refractivity contribution in [1.82, 2.24) is 15.3 Å². The van der Waals surface area contributed by atoms with Crippen molar-refractivity contribution in [2.75, 3.05) is 11.9 Å². The molecule has 0 bridgehead atoms. The van der Waals surface area contributed by atoms with E-state index in [-0.39, 0.29) is 11.8 Å². The minimum atomic E-state index is -0.535. The summed E-state index contributed by atoms with van der Waals surface area (Å²) in [5, 5.41) is 16.1. The molecule has 2 rings (SSSR count). The summed E-state index contributed by atoms with van der Waals surface area (Å²) in [4.78, 5) is 20.6. The number of nitrogens with one attached hydrogen (secondary N) is 2. The highest BCUT2D eigenvalue weighted by Gasteiger charge is 2.19. The number of hydrogen-bond donors (Lipinski definition) is 3. The Morgan fingerprint density at radius 3 is 2.74 bits per heavy atom. The van der Waals surface area contributed by atoms with Gasteiger partial charge in [-0.05, 0) is 74.0 Å². The molecule has 0 aliphatic heterocycles. The van der Waals surface area contributed by atoms with E-state index in [9.17, 15) is 9.90 Å². The monoisotopic (exact) mass is 484 g/mol. The molecule has 0 aliphatic carbocycles. The highest BCUT2D eigenvalue weighted by atomic mass is 127. The van der Waals surface area contributed by atoms with Gasteiger partial charge in [0.05, 0.1) is 5.56 Å². The first-order chi connectivity index (χ1) is 12.7. The zero-order valence-corrected chi connectivity index (χ0v) is 18.1. The quantitative estimate of drug-likeness (QED) is 0.533. The van der Waals surface area contributed by atoms with Crippen molar-refractivity contribution in [2.45, 2.75) is 45.8 Å². The average molecular weight is 484 g/mol. The van der Waals surface area contributed by atoms with Gasteiger partial charge in [-0.2, -0.15) is 0 Å². The van der Waals surface area contributed by atoms with Gasteiger partial charge in [0, 0.05) is 22.4 Å². The number of aromatic hydroxyl groups is 1. The minimum absolute atomic E-state index is 0.107. The second-order valence-electron chi connectivity index (χ2n) is 7.06. The summed E-state index contributed by atoms with van der Waals surface area (Å²) in [6, 6.07) is 6.90. The standard InChI is InChI=1S/C19H25IN4O3/c1-5-13(23-18(26)27-19(2,3)4)11-22-16-8-9-21-17(24-16)14-10-12(20)6-7-15(14)25/h6-10,13,25H,5,11H2,1-4H3,(H,23,26)(H,21,22,24)/t13-/m1/s1. The van der Waals surface area contributed by atoms with Crippen LogP contribution in [-0.2, 0) is 4.74 Å². The van der Waals surface area contributed by atoms with E-state index in [1.165, 1.54) is 0 Å². The summed E-state index contributed by atoms with van der Waals surface area (Å²) in [6.07, 6.45) is 1.93. The third-order valence-corrected chi connectivity index (χ3v) is 4.27. The zero-order chi connectivity index (χ0) is 20.0. The number of carbonyl (C=O) groups is 1. The molecule has 1 atom stereocenters. The number of halogens is 1. The largest absolute Gasteiger partial charge is 0.507 e. The number of aromatic nitrogens is 2. The molecule has 1 heterocycles. The molecule has 0 aliphatic rings. The van der Waals surface area contributed by atoms with Gasteiger partial charge in [0.15, 0.2) is 5.82 Å². The molecule has 0 unspecified atom stereocenters. The number of ether oxygens (including phenoxy) is 1. The third kappa shape index (κ3) is 6.85. The van der Waals surface area contributed by atoms with Crippen molar-refractivity contribution in [3.05, 3.63) is 34.0 Å². The molecule has 146 valence electrons. The van der Waals surface area contributed by atoms with Gasteiger partial charge in [-0.25, -0.2) is 14.8 Å². The fourth-order valence-corrected chi connectivity index (χ4v) is 2.76. The number of hydrogen-bond acceptors (Lipinski definition) is 6. The molecule has 2 aromatic rings. The molecular weight excluding hydrogens is 459 g/mol. The molecule has 3 N–H and O–H groups in total. The van der Waals surface area contributed by atoms with Crippen LogP contribution in [0.15, 0.2) is 30.5 Å². The van der Waals surface area contributed by atoms with Gasteiger partial charge in [0.1, 0.15) is 17.2 Å². The maximum absolute atomic E-state index is 11.9. The first-order valence-electron chi connectivity index (χ1n) is 8.73. The summed E-state index contributed by atoms with van der Waals surface area (Å²) in [5.74, 6) is 1.18. The van der Waals surface area contributed by atoms with E-state index < -0.39 is 11.7 Å². The van der Waals surface area contributed by atoms with Crippen LogP contribution in [0.3, 0.4) is 0 Å². The van der Waals surface area contributed by atoms with E-state index in [4.69, 9.17) is 4.74 Å². The maximum atomic E-state index is 11.9. The van der Waals surface area contributed by atoms with Crippen LogP contribution in [0.5, 0.6) is 5.75 Å². The number of amides is 1. The molecular formula is C19H25IN4O3. The lowest BCUT2D eigenvalue weighted by molar-refractivity contribution is 0.0506. The van der Waals surface area contributed by atoms with Crippen molar-refractivity contribution in [2.24, 2.45) is 0 Å². The smallest absolute Gasteiger partial charge is 0.407 e. The Labute approximate surface area is 173 Å². The van der Waals surface area contributed by atoms with Crippen molar-refractivity contribution in [3.63, 3.8) is 0 Å². The molecule has 0 saturated heterocycles. The second-order valence-corrected chi connectivity index (χ2v) is 8.30. The summed E-state index contributed by atoms with van der Waals surface area (Å²) in [7, 11) is 0. The van der Waals surface area contributed by atoms with Crippen molar-refractivity contribution in [3.8, 4) is 17.1 Å². The van der Waals surface area contributed by atoms with Crippen LogP contribution in [0.4, 0.5) is 10.6 Å². The Kier molecular flexibility index (Phi) is 7.23. The van der Waals surface area contributed by atoms with Crippen LogP contribution in [0, 0.1) is 3.57 Å². The van der Waals surface area contributed by atoms with Crippen molar-refractivity contribution < 1.29 is 14.6 Å². The molecule has 0 radical (unpaired) electrons. The van der Waals surface area contributed by atoms with E-state index in [2.05, 4.69) is 43.2 Å². The van der Waals surface area contributed by atoms with Gasteiger partial charge in [-0.3, -0.25) is 0 Å². The predicted molar refractivity (Wildman–Crippen MR) is 114 cm³/mol. The van der Waals surface area contributed by atoms with Crippen LogP contribution in [0.25, 0.3) is 11.4 Å². The number of phenols is 1. The highest BCUT2D eigenvalue weighted by molar-refractivity contribution is 14.1. The topological polar surface area (TPSA) is 96.4 Å². The normalized spacial score (nSPS) is 12.3. The Bertz CT molecular complexity index is 793. The summed E-state index contributed by atoms with van der Waals surface area (Å²) in [6.45, 7) is 7.96. The number of nitrogens with zero attached hydrogens (tertiary/aromatic N) is 2. The zero-order valence-electron chi connectivity index (χ0n) is 15.9. The molecule has 1 amide bonds. The molecule has 7 nitrogen and oxygen atoms in total. The Morgan fingerprint density at radius 2 is 2.07 bits per heavy atom. The fourth-order valence-electron chi connectivity index (χ4n) is 2.27. The van der Waals surface area contributed by atoms with E-state index in [1.807, 2.05) is 39.8 Å². The third-order valence-electron chi connectivity index (χ3n) is 3.60. The van der Waals surface area contributed by atoms with Crippen LogP contribution < -0.4 is 10.6 Å². The van der Waals surface area contributed by atoms with Gasteiger partial charge in [0.2, 0.25) is 0 Å². The number of anilines is 1. The molecule has 27 heavy (non-hydrogen) atoms. The van der Waals surface area contributed by atoms with Gasteiger partial charge < -0.3 is 20.5 Å². The molecule has 1 aromatic carbocycles. The predicted octanol–water partition coefficient (Wildman–Crippen LogP) is 4.17. The van der Waals surface area contributed by atoms with Crippen molar-refractivity contribution >= 4 is 34.5 Å². The van der Waals surface area contributed by atoms with Crippen molar-refractivity contribution in [1.29, 1.82) is 0 Å². The first kappa shape index (κ1) is 21.2. The number of rotatable bonds is 6. The first-order valence-corrected chi connectivity index (χ1v) is 9.81. The fraction of sp³-hybridized carbons (Fsp3) is 0.421. The van der Waals surface area contributed by atoms with E-state index in [0.29, 0.717) is 23.8 Å². The van der Waals surface area contributed by atoms with Crippen LogP contribution in [0.2, 0.25) is 0 Å². The van der Waals surface area contributed by atoms with Crippen LogP contribution >= 0.6 is 22.6 Å². The number of phenolic OH excluding ortho intramolecular Hbond substituents is 1. The molecule has 0 spiro atoms. The lowest BCUT2D eigenvalue weighted by Crippen LogP contribution is -2.42. The molecule has 0 fully saturated rings. The molecule has 8 heteroatoms. The van der Waals surface area contributed by atoms with E-state index >= 15 is 0 Å². The second kappa shape index (κ2) is 9.20. The van der Waals surface area contributed by atoms with Crippen LogP contribution in [-0.4, -0.2) is 39.4 Å². The number of alkyl carbamates (subject to hydrolysis) is 1. The Morgan fingerprint density at radius 1 is 1.33 bits per heavy atom. The number of carbonyl (C=O) groups excluding carboxylic acids is 1. The SMILES string of the molecule is CC[C@H](CNc1ccnc(-c2cc(I)ccc2O)n1)NC(=O)OC(C)(C)C. The highest BCUT2D eigenvalue weighted by Crippen LogP contribution is 2.28. The number of benzene rings is 1. The molecule has 0 saturated carbocycles. The maximum Gasteiger partial charge on any atom is 0.407 e.